The predicted octanol–water partition coefficient (Wildman–Crippen LogP) is -0.511. The molecule has 0 bridgehead atoms. The summed E-state index contributed by atoms with van der Waals surface area (Å²) >= 11 is 0. The fourth-order valence-corrected chi connectivity index (χ4v) is 6.22. The van der Waals surface area contributed by atoms with Gasteiger partial charge in [0.1, 0.15) is 49.3 Å². The Balaban J connectivity index is 1.02. The molecule has 2 aromatic heterocycles. The Kier molecular flexibility index (Phi) is 14.3. The van der Waals surface area contributed by atoms with E-state index in [1.807, 2.05) is 0 Å². The number of aromatic amines is 1. The summed E-state index contributed by atoms with van der Waals surface area (Å²) in [7, 11) is 1.35. The molecule has 0 saturated carbocycles. The number of imide groups is 1. The minimum Gasteiger partial charge on any atom is -0.445 e. The van der Waals surface area contributed by atoms with Crippen molar-refractivity contribution in [3.05, 3.63) is 60.6 Å². The Bertz CT molecular complexity index is 2060. The van der Waals surface area contributed by atoms with Gasteiger partial charge in [-0.15, -0.1) is 0 Å². The van der Waals surface area contributed by atoms with E-state index in [4.69, 9.17) is 9.47 Å². The maximum atomic E-state index is 13.0. The molecular weight excluding hydrogens is 772 g/mol. The van der Waals surface area contributed by atoms with Crippen molar-refractivity contribution in [3.63, 3.8) is 0 Å². The molecule has 1 fully saturated rings. The number of H-pyrrole nitrogens is 1. The van der Waals surface area contributed by atoms with E-state index in [-0.39, 0.29) is 25.5 Å². The Labute approximate surface area is 338 Å². The molecule has 8 N–H and O–H groups in total. The van der Waals surface area contributed by atoms with Crippen molar-refractivity contribution in [1.29, 1.82) is 0 Å². The van der Waals surface area contributed by atoms with Crippen molar-refractivity contribution in [3.8, 4) is 0 Å². The molecule has 21 nitrogen and oxygen atoms in total. The lowest BCUT2D eigenvalue weighted by Crippen LogP contribution is -2.64. The number of nitrogens with zero attached hydrogens (tertiary/aromatic N) is 4. The van der Waals surface area contributed by atoms with E-state index in [1.54, 1.807) is 57.3 Å². The normalized spacial score (nSPS) is 21.2. The maximum absolute atomic E-state index is 13.0. The molecule has 0 spiro atoms. The van der Waals surface area contributed by atoms with Crippen LogP contribution >= 0.6 is 0 Å². The van der Waals surface area contributed by atoms with Gasteiger partial charge in [0.15, 0.2) is 12.0 Å². The standard InChI is InChI=1S/C38H48N10O11/c1-19(2)29(44-25(49)13-15-48-27(51)10-11-28(48)52)36(56)42-20(3)35(55)43-23-8-6-22(7-9-23)17-58-38(57)47(5)16-26(50)45-30-21(4)59-37(33(54)32(30)53)46-34-31-24(12-14-39-31)40-18-41-34/h6-12,14,18-21,29-30,32-33,37,39,53-54H,13,15-17H2,1-5H3,(H,42,56)(H,43,55)(H,44,49)(H,45,50)(H,40,41,46)/t20-,21-,29?,30-,32+,33+,37-/m0/s1. The molecule has 21 heteroatoms. The molecule has 316 valence electrons. The van der Waals surface area contributed by atoms with E-state index >= 15 is 0 Å². The van der Waals surface area contributed by atoms with E-state index in [2.05, 4.69) is 41.5 Å². The van der Waals surface area contributed by atoms with E-state index in [0.29, 0.717) is 28.1 Å². The molecule has 2 aliphatic rings. The van der Waals surface area contributed by atoms with Crippen molar-refractivity contribution in [2.45, 2.75) is 83.4 Å². The van der Waals surface area contributed by atoms with Crippen LogP contribution in [0.5, 0.6) is 0 Å². The number of aromatic nitrogens is 3. The van der Waals surface area contributed by atoms with Gasteiger partial charge in [-0.3, -0.25) is 33.7 Å². The first-order chi connectivity index (χ1) is 28.0. The van der Waals surface area contributed by atoms with Gasteiger partial charge in [0.2, 0.25) is 23.6 Å². The highest BCUT2D eigenvalue weighted by Crippen LogP contribution is 2.25. The lowest BCUT2D eigenvalue weighted by atomic mass is 9.96. The molecule has 4 heterocycles. The van der Waals surface area contributed by atoms with Crippen molar-refractivity contribution in [1.82, 2.24) is 40.7 Å². The minimum atomic E-state index is -1.45. The van der Waals surface area contributed by atoms with Crippen LogP contribution in [0.15, 0.2) is 55.0 Å². The van der Waals surface area contributed by atoms with Crippen LogP contribution in [0.1, 0.15) is 39.7 Å². The summed E-state index contributed by atoms with van der Waals surface area (Å²) in [6.07, 6.45) is -0.446. The number of carbonyl (C=O) groups excluding carboxylic acids is 7. The average Bonchev–Trinajstić information content (AvgIpc) is 3.81. The van der Waals surface area contributed by atoms with Crippen LogP contribution < -0.4 is 26.6 Å². The monoisotopic (exact) mass is 820 g/mol. The Hall–Kier alpha value is -6.45. The second-order valence-electron chi connectivity index (χ2n) is 14.5. The molecule has 59 heavy (non-hydrogen) atoms. The third-order valence-corrected chi connectivity index (χ3v) is 9.60. The molecule has 1 unspecified atom stereocenters. The second-order valence-corrected chi connectivity index (χ2v) is 14.5. The predicted molar refractivity (Wildman–Crippen MR) is 209 cm³/mol. The van der Waals surface area contributed by atoms with Crippen LogP contribution in [-0.4, -0.2) is 139 Å². The van der Waals surface area contributed by atoms with Gasteiger partial charge < -0.3 is 56.2 Å². The quantitative estimate of drug-likeness (QED) is 0.0846. The molecule has 1 aromatic carbocycles. The van der Waals surface area contributed by atoms with Crippen molar-refractivity contribution < 1.29 is 53.2 Å². The Morgan fingerprint density at radius 2 is 1.64 bits per heavy atom. The number of aliphatic hydroxyl groups excluding tert-OH is 2. The molecule has 5 rings (SSSR count). The maximum Gasteiger partial charge on any atom is 0.410 e. The molecule has 7 amide bonds. The molecular formula is C38H48N10O11. The number of nitrogens with one attached hydrogen (secondary N) is 6. The summed E-state index contributed by atoms with van der Waals surface area (Å²) in [6.45, 7) is 5.79. The van der Waals surface area contributed by atoms with E-state index in [1.165, 1.54) is 20.3 Å². The fourth-order valence-electron chi connectivity index (χ4n) is 6.22. The van der Waals surface area contributed by atoms with Crippen LogP contribution in [0, 0.1) is 5.92 Å². The van der Waals surface area contributed by atoms with Crippen molar-refractivity contribution in [2.75, 3.05) is 30.8 Å². The zero-order chi connectivity index (χ0) is 43.0. The van der Waals surface area contributed by atoms with Gasteiger partial charge in [-0.1, -0.05) is 26.0 Å². The largest absolute Gasteiger partial charge is 0.445 e. The van der Waals surface area contributed by atoms with Crippen LogP contribution in [-0.2, 0) is 44.8 Å². The number of anilines is 2. The summed E-state index contributed by atoms with van der Waals surface area (Å²) in [5, 5.41) is 35.1. The number of carbonyl (C=O) groups is 7. The van der Waals surface area contributed by atoms with Gasteiger partial charge in [0, 0.05) is 44.0 Å². The number of rotatable bonds is 16. The number of likely N-dealkylation sites (N-methyl/N-ethyl adjacent to an activating group) is 1. The molecule has 3 aromatic rings. The minimum absolute atomic E-state index is 0.139. The van der Waals surface area contributed by atoms with Crippen molar-refractivity contribution in [2.24, 2.45) is 5.92 Å². The number of ether oxygens (including phenoxy) is 2. The van der Waals surface area contributed by atoms with E-state index in [9.17, 15) is 43.8 Å². The van der Waals surface area contributed by atoms with Crippen LogP contribution in [0.4, 0.5) is 16.3 Å². The van der Waals surface area contributed by atoms with Gasteiger partial charge in [-0.05, 0) is 43.5 Å². The Morgan fingerprint density at radius 3 is 2.32 bits per heavy atom. The summed E-state index contributed by atoms with van der Waals surface area (Å²) in [5.74, 6) is -3.35. The topological polar surface area (TPSA) is 287 Å². The smallest absolute Gasteiger partial charge is 0.410 e. The number of hydrogen-bond donors (Lipinski definition) is 8. The van der Waals surface area contributed by atoms with E-state index in [0.717, 1.165) is 22.0 Å². The molecule has 2 aliphatic heterocycles. The number of hydrogen-bond acceptors (Lipinski definition) is 14. The van der Waals surface area contributed by atoms with Gasteiger partial charge in [-0.2, -0.15) is 0 Å². The van der Waals surface area contributed by atoms with Gasteiger partial charge >= 0.3 is 6.09 Å². The SMILES string of the molecule is CC(C)C(NC(=O)CCN1C(=O)C=CC1=O)C(=O)N[C@@H](C)C(=O)Nc1ccc(COC(=O)N(C)CC(=O)N[C@@H]2[C@@H](O)[C@@H](O)[C@@H](Nc3ncnc4cc[nH]c34)O[C@H]2C)cc1. The van der Waals surface area contributed by atoms with E-state index < -0.39 is 90.7 Å². The summed E-state index contributed by atoms with van der Waals surface area (Å²) in [5.41, 5.74) is 2.17. The van der Waals surface area contributed by atoms with Crippen LogP contribution in [0.25, 0.3) is 11.0 Å². The first-order valence-electron chi connectivity index (χ1n) is 18.8. The first-order valence-corrected chi connectivity index (χ1v) is 18.8. The third kappa shape index (κ3) is 11.1. The summed E-state index contributed by atoms with van der Waals surface area (Å²) in [4.78, 5) is 101. The average molecular weight is 821 g/mol. The summed E-state index contributed by atoms with van der Waals surface area (Å²) < 4.78 is 11.2. The first kappa shape index (κ1) is 43.7. The van der Waals surface area contributed by atoms with Gasteiger partial charge in [0.05, 0.1) is 17.7 Å². The molecule has 0 aliphatic carbocycles. The zero-order valence-electron chi connectivity index (χ0n) is 33.0. The second kappa shape index (κ2) is 19.3. The number of aliphatic hydroxyl groups is 2. The number of benzene rings is 1. The zero-order valence-corrected chi connectivity index (χ0v) is 33.0. The summed E-state index contributed by atoms with van der Waals surface area (Å²) in [6, 6.07) is 5.10. The lowest BCUT2D eigenvalue weighted by molar-refractivity contribution is -0.172. The van der Waals surface area contributed by atoms with Crippen LogP contribution in [0.3, 0.4) is 0 Å². The number of fused-ring (bicyclic) bond motifs is 1. The fraction of sp³-hybridized carbons (Fsp3) is 0.447. The highest BCUT2D eigenvalue weighted by atomic mass is 16.6. The number of amides is 7. The highest BCUT2D eigenvalue weighted by Gasteiger charge is 2.44. The van der Waals surface area contributed by atoms with Crippen molar-refractivity contribution >= 4 is 64.1 Å². The molecule has 1 saturated heterocycles. The Morgan fingerprint density at radius 1 is 0.949 bits per heavy atom. The van der Waals surface area contributed by atoms with Crippen LogP contribution in [0.2, 0.25) is 0 Å². The van der Waals surface area contributed by atoms with Gasteiger partial charge in [0.25, 0.3) is 11.8 Å². The molecule has 7 atom stereocenters. The molecule has 0 radical (unpaired) electrons. The lowest BCUT2D eigenvalue weighted by Gasteiger charge is -2.42. The van der Waals surface area contributed by atoms with Gasteiger partial charge in [-0.25, -0.2) is 14.8 Å². The third-order valence-electron chi connectivity index (χ3n) is 9.60. The highest BCUT2D eigenvalue weighted by molar-refractivity contribution is 6.13.